The highest BCUT2D eigenvalue weighted by Crippen LogP contribution is 2.16. The van der Waals surface area contributed by atoms with E-state index in [0.29, 0.717) is 6.04 Å². The van der Waals surface area contributed by atoms with E-state index in [1.165, 1.54) is 37.1 Å². The van der Waals surface area contributed by atoms with Crippen LogP contribution in [0.3, 0.4) is 0 Å². The molecule has 114 valence electrons. The Hall–Kier alpha value is -1.39. The van der Waals surface area contributed by atoms with Gasteiger partial charge in [-0.05, 0) is 50.4 Å². The summed E-state index contributed by atoms with van der Waals surface area (Å²) in [7, 11) is 0. The molecule has 2 aliphatic rings. The van der Waals surface area contributed by atoms with Crippen LogP contribution in [-0.4, -0.2) is 42.5 Å². The SMILES string of the molecule is CC(CNC(=O)[C@H]1Cc2ccccc2CN1)N1CCCC1. The number of hydrogen-bond acceptors (Lipinski definition) is 3. The number of likely N-dealkylation sites (tertiary alicyclic amines) is 1. The van der Waals surface area contributed by atoms with Crippen LogP contribution in [0.2, 0.25) is 0 Å². The lowest BCUT2D eigenvalue weighted by atomic mass is 9.95. The maximum absolute atomic E-state index is 12.3. The molecule has 3 rings (SSSR count). The second-order valence-electron chi connectivity index (χ2n) is 6.24. The molecule has 0 bridgehead atoms. The van der Waals surface area contributed by atoms with Gasteiger partial charge in [0.1, 0.15) is 0 Å². The van der Waals surface area contributed by atoms with Crippen molar-refractivity contribution in [2.45, 2.75) is 44.8 Å². The summed E-state index contributed by atoms with van der Waals surface area (Å²) in [5.74, 6) is 0.135. The van der Waals surface area contributed by atoms with Crippen LogP contribution in [0.5, 0.6) is 0 Å². The Morgan fingerprint density at radius 1 is 1.33 bits per heavy atom. The van der Waals surface area contributed by atoms with Crippen molar-refractivity contribution in [3.05, 3.63) is 35.4 Å². The van der Waals surface area contributed by atoms with E-state index in [1.54, 1.807) is 0 Å². The first-order chi connectivity index (χ1) is 10.2. The average Bonchev–Trinajstić information content (AvgIpc) is 3.06. The van der Waals surface area contributed by atoms with Crippen molar-refractivity contribution in [3.8, 4) is 0 Å². The van der Waals surface area contributed by atoms with E-state index < -0.39 is 0 Å². The van der Waals surface area contributed by atoms with E-state index in [9.17, 15) is 4.79 Å². The summed E-state index contributed by atoms with van der Waals surface area (Å²) in [6.07, 6.45) is 3.37. The smallest absolute Gasteiger partial charge is 0.237 e. The number of carbonyl (C=O) groups excluding carboxylic acids is 1. The molecule has 1 amide bonds. The van der Waals surface area contributed by atoms with E-state index in [2.05, 4.69) is 46.7 Å². The average molecular weight is 287 g/mol. The summed E-state index contributed by atoms with van der Waals surface area (Å²) in [5.41, 5.74) is 2.61. The summed E-state index contributed by atoms with van der Waals surface area (Å²) in [6.45, 7) is 6.09. The highest BCUT2D eigenvalue weighted by molar-refractivity contribution is 5.82. The predicted octanol–water partition coefficient (Wildman–Crippen LogP) is 1.30. The largest absolute Gasteiger partial charge is 0.353 e. The number of amides is 1. The van der Waals surface area contributed by atoms with Gasteiger partial charge in [0.2, 0.25) is 5.91 Å². The van der Waals surface area contributed by atoms with Crippen LogP contribution in [-0.2, 0) is 17.8 Å². The number of benzene rings is 1. The normalized spacial score (nSPS) is 23.6. The fourth-order valence-electron chi connectivity index (χ4n) is 3.32. The first-order valence-electron chi connectivity index (χ1n) is 8.06. The maximum atomic E-state index is 12.3. The third-order valence-electron chi connectivity index (χ3n) is 4.73. The molecule has 0 spiro atoms. The molecule has 1 unspecified atom stereocenters. The van der Waals surface area contributed by atoms with Crippen LogP contribution < -0.4 is 10.6 Å². The lowest BCUT2D eigenvalue weighted by Gasteiger charge is -2.28. The molecule has 1 aromatic rings. The van der Waals surface area contributed by atoms with Crippen LogP contribution in [0.15, 0.2) is 24.3 Å². The molecule has 0 radical (unpaired) electrons. The quantitative estimate of drug-likeness (QED) is 0.877. The lowest BCUT2D eigenvalue weighted by Crippen LogP contribution is -2.50. The summed E-state index contributed by atoms with van der Waals surface area (Å²) in [4.78, 5) is 14.8. The zero-order valence-corrected chi connectivity index (χ0v) is 12.8. The van der Waals surface area contributed by atoms with Crippen LogP contribution in [0.1, 0.15) is 30.9 Å². The van der Waals surface area contributed by atoms with E-state index in [4.69, 9.17) is 0 Å². The lowest BCUT2D eigenvalue weighted by molar-refractivity contribution is -0.123. The summed E-state index contributed by atoms with van der Waals surface area (Å²) in [6, 6.07) is 8.71. The van der Waals surface area contributed by atoms with Crippen LogP contribution in [0.25, 0.3) is 0 Å². The van der Waals surface area contributed by atoms with E-state index in [0.717, 1.165) is 19.5 Å². The molecule has 0 aliphatic carbocycles. The second kappa shape index (κ2) is 6.58. The predicted molar refractivity (Wildman–Crippen MR) is 84.1 cm³/mol. The molecular weight excluding hydrogens is 262 g/mol. The number of rotatable bonds is 4. The number of hydrogen-bond donors (Lipinski definition) is 2. The standard InChI is InChI=1S/C17H25N3O/c1-13(20-8-4-5-9-20)11-19-17(21)16-10-14-6-2-3-7-15(14)12-18-16/h2-3,6-7,13,16,18H,4-5,8-12H2,1H3,(H,19,21)/t13?,16-/m1/s1. The first-order valence-corrected chi connectivity index (χ1v) is 8.06. The summed E-state index contributed by atoms with van der Waals surface area (Å²) in [5, 5.41) is 6.46. The first kappa shape index (κ1) is 14.5. The van der Waals surface area contributed by atoms with Gasteiger partial charge in [-0.25, -0.2) is 0 Å². The zero-order valence-electron chi connectivity index (χ0n) is 12.8. The highest BCUT2D eigenvalue weighted by Gasteiger charge is 2.25. The monoisotopic (exact) mass is 287 g/mol. The molecule has 4 nitrogen and oxygen atoms in total. The molecule has 4 heteroatoms. The Labute approximate surface area is 126 Å². The van der Waals surface area contributed by atoms with E-state index in [1.807, 2.05) is 0 Å². The number of carbonyl (C=O) groups is 1. The Balaban J connectivity index is 1.50. The fourth-order valence-corrected chi connectivity index (χ4v) is 3.32. The Morgan fingerprint density at radius 3 is 2.81 bits per heavy atom. The Bertz CT molecular complexity index is 497. The fraction of sp³-hybridized carbons (Fsp3) is 0.588. The van der Waals surface area contributed by atoms with Gasteiger partial charge in [-0.15, -0.1) is 0 Å². The molecule has 2 atom stereocenters. The Morgan fingerprint density at radius 2 is 2.05 bits per heavy atom. The van der Waals surface area contributed by atoms with Crippen LogP contribution >= 0.6 is 0 Å². The topological polar surface area (TPSA) is 44.4 Å². The van der Waals surface area contributed by atoms with Gasteiger partial charge in [-0.3, -0.25) is 9.69 Å². The second-order valence-corrected chi connectivity index (χ2v) is 6.24. The van der Waals surface area contributed by atoms with Gasteiger partial charge in [0.05, 0.1) is 6.04 Å². The van der Waals surface area contributed by atoms with Gasteiger partial charge in [-0.1, -0.05) is 24.3 Å². The van der Waals surface area contributed by atoms with Crippen molar-refractivity contribution in [2.75, 3.05) is 19.6 Å². The number of fused-ring (bicyclic) bond motifs is 1. The highest BCUT2D eigenvalue weighted by atomic mass is 16.2. The molecule has 21 heavy (non-hydrogen) atoms. The van der Waals surface area contributed by atoms with E-state index >= 15 is 0 Å². The van der Waals surface area contributed by atoms with Gasteiger partial charge < -0.3 is 10.6 Å². The Kier molecular flexibility index (Phi) is 4.56. The van der Waals surface area contributed by atoms with Crippen molar-refractivity contribution >= 4 is 5.91 Å². The van der Waals surface area contributed by atoms with E-state index in [-0.39, 0.29) is 11.9 Å². The molecule has 0 saturated carbocycles. The molecule has 1 aromatic carbocycles. The number of nitrogens with zero attached hydrogens (tertiary/aromatic N) is 1. The maximum Gasteiger partial charge on any atom is 0.237 e. The molecule has 2 heterocycles. The van der Waals surface area contributed by atoms with Crippen molar-refractivity contribution < 1.29 is 4.79 Å². The van der Waals surface area contributed by atoms with Crippen molar-refractivity contribution in [3.63, 3.8) is 0 Å². The third-order valence-corrected chi connectivity index (χ3v) is 4.73. The molecule has 1 saturated heterocycles. The van der Waals surface area contributed by atoms with Gasteiger partial charge in [-0.2, -0.15) is 0 Å². The summed E-state index contributed by atoms with van der Waals surface area (Å²) >= 11 is 0. The molecule has 2 N–H and O–H groups in total. The minimum atomic E-state index is -0.0920. The molecular formula is C17H25N3O. The summed E-state index contributed by atoms with van der Waals surface area (Å²) < 4.78 is 0. The van der Waals surface area contributed by atoms with Gasteiger partial charge in [0.25, 0.3) is 0 Å². The molecule has 1 fully saturated rings. The molecule has 2 aliphatic heterocycles. The zero-order chi connectivity index (χ0) is 14.7. The van der Waals surface area contributed by atoms with Crippen molar-refractivity contribution in [1.82, 2.24) is 15.5 Å². The molecule has 0 aromatic heterocycles. The van der Waals surface area contributed by atoms with Crippen LogP contribution in [0, 0.1) is 0 Å². The number of nitrogens with one attached hydrogen (secondary N) is 2. The third kappa shape index (κ3) is 3.44. The van der Waals surface area contributed by atoms with Crippen molar-refractivity contribution in [1.29, 1.82) is 0 Å². The van der Waals surface area contributed by atoms with Crippen LogP contribution in [0.4, 0.5) is 0 Å². The minimum absolute atomic E-state index is 0.0920. The minimum Gasteiger partial charge on any atom is -0.353 e. The van der Waals surface area contributed by atoms with Gasteiger partial charge in [0.15, 0.2) is 0 Å². The van der Waals surface area contributed by atoms with Crippen molar-refractivity contribution in [2.24, 2.45) is 0 Å². The van der Waals surface area contributed by atoms with Gasteiger partial charge in [0, 0.05) is 19.1 Å². The van der Waals surface area contributed by atoms with Gasteiger partial charge >= 0.3 is 0 Å².